The van der Waals surface area contributed by atoms with Gasteiger partial charge >= 0.3 is 0 Å². The van der Waals surface area contributed by atoms with Crippen LogP contribution in [-0.2, 0) is 7.05 Å². The molecule has 2 aromatic heterocycles. The van der Waals surface area contributed by atoms with Crippen LogP contribution >= 0.6 is 0 Å². The molecule has 0 spiro atoms. The van der Waals surface area contributed by atoms with Crippen LogP contribution in [0, 0.1) is 0 Å². The standard InChI is InChI=1S/C16H16N4O5/c1-20-14-9(7-17-20)13(21)12(16(23)19-14)15(22)18-10-5-4-8(24-2)6-11(10)25-3/h4-7H,1-3H3,(H,18,22)(H2,19,21,23). The highest BCUT2D eigenvalue weighted by atomic mass is 16.5. The number of methoxy groups -OCH3 is 2. The van der Waals surface area contributed by atoms with E-state index in [2.05, 4.69) is 15.4 Å². The molecule has 0 aliphatic heterocycles. The molecular formula is C16H16N4O5. The topological polar surface area (TPSA) is 118 Å². The van der Waals surface area contributed by atoms with Gasteiger partial charge in [0.25, 0.3) is 11.5 Å². The van der Waals surface area contributed by atoms with Crippen LogP contribution in [-0.4, -0.2) is 40.0 Å². The van der Waals surface area contributed by atoms with Crippen molar-refractivity contribution in [3.05, 3.63) is 40.3 Å². The number of pyridine rings is 1. The number of nitrogens with zero attached hydrogens (tertiary/aromatic N) is 2. The van der Waals surface area contributed by atoms with Crippen molar-refractivity contribution in [1.29, 1.82) is 0 Å². The van der Waals surface area contributed by atoms with Crippen LogP contribution in [0.4, 0.5) is 5.69 Å². The molecule has 0 radical (unpaired) electrons. The smallest absolute Gasteiger partial charge is 0.266 e. The van der Waals surface area contributed by atoms with Crippen LogP contribution in [0.25, 0.3) is 11.0 Å². The summed E-state index contributed by atoms with van der Waals surface area (Å²) in [6.45, 7) is 0. The van der Waals surface area contributed by atoms with Gasteiger partial charge in [-0.25, -0.2) is 0 Å². The number of anilines is 1. The van der Waals surface area contributed by atoms with Crippen molar-refractivity contribution < 1.29 is 19.4 Å². The predicted molar refractivity (Wildman–Crippen MR) is 90.5 cm³/mol. The molecule has 130 valence electrons. The van der Waals surface area contributed by atoms with Gasteiger partial charge in [-0.05, 0) is 12.1 Å². The summed E-state index contributed by atoms with van der Waals surface area (Å²) < 4.78 is 11.7. The number of aryl methyl sites for hydroxylation is 1. The molecule has 0 fully saturated rings. The molecule has 2 heterocycles. The molecule has 3 N–H and O–H groups in total. The first-order valence-electron chi connectivity index (χ1n) is 7.26. The van der Waals surface area contributed by atoms with Gasteiger partial charge in [0, 0.05) is 13.1 Å². The van der Waals surface area contributed by atoms with Crippen LogP contribution in [0.3, 0.4) is 0 Å². The van der Waals surface area contributed by atoms with Gasteiger partial charge in [-0.2, -0.15) is 5.10 Å². The maximum atomic E-state index is 12.5. The van der Waals surface area contributed by atoms with Crippen LogP contribution < -0.4 is 20.3 Å². The third-order valence-electron chi connectivity index (χ3n) is 3.77. The van der Waals surface area contributed by atoms with Gasteiger partial charge in [0.2, 0.25) is 0 Å². The normalized spacial score (nSPS) is 10.7. The van der Waals surface area contributed by atoms with Crippen molar-refractivity contribution in [3.63, 3.8) is 0 Å². The van der Waals surface area contributed by atoms with Crippen LogP contribution in [0.2, 0.25) is 0 Å². The molecule has 0 saturated carbocycles. The number of carbonyl (C=O) groups excluding carboxylic acids is 1. The quantitative estimate of drug-likeness (QED) is 0.655. The average molecular weight is 344 g/mol. The highest BCUT2D eigenvalue weighted by Gasteiger charge is 2.22. The van der Waals surface area contributed by atoms with Crippen molar-refractivity contribution in [2.45, 2.75) is 0 Å². The second-order valence-electron chi connectivity index (χ2n) is 5.23. The lowest BCUT2D eigenvalue weighted by Gasteiger charge is -2.12. The SMILES string of the molecule is COc1ccc(NC(=O)c2c(O)c3cnn(C)c3[nH]c2=O)c(OC)c1. The van der Waals surface area contributed by atoms with Crippen molar-refractivity contribution in [3.8, 4) is 17.2 Å². The van der Waals surface area contributed by atoms with E-state index in [0.717, 1.165) is 0 Å². The summed E-state index contributed by atoms with van der Waals surface area (Å²) in [5, 5.41) is 17.1. The van der Waals surface area contributed by atoms with E-state index in [4.69, 9.17) is 9.47 Å². The minimum Gasteiger partial charge on any atom is -0.506 e. The summed E-state index contributed by atoms with van der Waals surface area (Å²) in [4.78, 5) is 27.3. The molecule has 0 aliphatic carbocycles. The zero-order valence-corrected chi connectivity index (χ0v) is 13.8. The van der Waals surface area contributed by atoms with E-state index in [1.54, 1.807) is 25.2 Å². The second-order valence-corrected chi connectivity index (χ2v) is 5.23. The molecule has 0 aliphatic rings. The van der Waals surface area contributed by atoms with Crippen molar-refractivity contribution >= 4 is 22.6 Å². The van der Waals surface area contributed by atoms with Crippen molar-refractivity contribution in [2.24, 2.45) is 7.05 Å². The van der Waals surface area contributed by atoms with Crippen molar-refractivity contribution in [1.82, 2.24) is 14.8 Å². The van der Waals surface area contributed by atoms with E-state index in [0.29, 0.717) is 22.8 Å². The number of aromatic hydroxyl groups is 1. The Hall–Kier alpha value is -3.49. The minimum absolute atomic E-state index is 0.272. The van der Waals surface area contributed by atoms with E-state index in [1.807, 2.05) is 0 Å². The number of fused-ring (bicyclic) bond motifs is 1. The molecule has 1 aromatic carbocycles. The molecule has 0 bridgehead atoms. The Morgan fingerprint density at radius 3 is 2.76 bits per heavy atom. The summed E-state index contributed by atoms with van der Waals surface area (Å²) in [5.74, 6) is -0.303. The monoisotopic (exact) mass is 344 g/mol. The van der Waals surface area contributed by atoms with Crippen LogP contribution in [0.15, 0.2) is 29.2 Å². The van der Waals surface area contributed by atoms with Gasteiger partial charge in [0.05, 0.1) is 31.5 Å². The van der Waals surface area contributed by atoms with Gasteiger partial charge in [-0.15, -0.1) is 0 Å². The lowest BCUT2D eigenvalue weighted by atomic mass is 10.2. The lowest BCUT2D eigenvalue weighted by Crippen LogP contribution is -2.24. The Morgan fingerprint density at radius 1 is 1.32 bits per heavy atom. The van der Waals surface area contributed by atoms with Crippen LogP contribution in [0.5, 0.6) is 17.2 Å². The van der Waals surface area contributed by atoms with Crippen LogP contribution in [0.1, 0.15) is 10.4 Å². The lowest BCUT2D eigenvalue weighted by molar-refractivity contribution is 0.102. The maximum Gasteiger partial charge on any atom is 0.266 e. The Bertz CT molecular complexity index is 1020. The minimum atomic E-state index is -0.770. The fourth-order valence-electron chi connectivity index (χ4n) is 2.47. The van der Waals surface area contributed by atoms with E-state index < -0.39 is 22.8 Å². The predicted octanol–water partition coefficient (Wildman–Crippen LogP) is 1.24. The summed E-state index contributed by atoms with van der Waals surface area (Å²) in [7, 11) is 4.56. The number of benzene rings is 1. The first-order chi connectivity index (χ1) is 12.0. The molecule has 25 heavy (non-hydrogen) atoms. The molecule has 3 aromatic rings. The number of aromatic amines is 1. The third kappa shape index (κ3) is 2.75. The number of H-pyrrole nitrogens is 1. The Morgan fingerprint density at radius 2 is 2.08 bits per heavy atom. The Labute approximate surface area is 141 Å². The largest absolute Gasteiger partial charge is 0.506 e. The number of nitrogens with one attached hydrogen (secondary N) is 2. The zero-order valence-electron chi connectivity index (χ0n) is 13.8. The highest BCUT2D eigenvalue weighted by Crippen LogP contribution is 2.30. The van der Waals surface area contributed by atoms with Gasteiger partial charge < -0.3 is 24.9 Å². The molecule has 9 heteroatoms. The zero-order chi connectivity index (χ0) is 18.1. The second kappa shape index (κ2) is 6.19. The summed E-state index contributed by atoms with van der Waals surface area (Å²) in [6, 6.07) is 4.79. The number of amides is 1. The van der Waals surface area contributed by atoms with Gasteiger partial charge in [-0.1, -0.05) is 0 Å². The summed E-state index contributed by atoms with van der Waals surface area (Å²) in [6.07, 6.45) is 1.37. The highest BCUT2D eigenvalue weighted by molar-refractivity contribution is 6.09. The number of hydrogen-bond donors (Lipinski definition) is 3. The average Bonchev–Trinajstić information content (AvgIpc) is 2.96. The Kier molecular flexibility index (Phi) is 4.05. The van der Waals surface area contributed by atoms with E-state index >= 15 is 0 Å². The number of aromatic nitrogens is 3. The molecule has 3 rings (SSSR count). The number of carbonyl (C=O) groups is 1. The number of rotatable bonds is 4. The molecule has 0 unspecified atom stereocenters. The van der Waals surface area contributed by atoms with Gasteiger partial charge in [0.15, 0.2) is 0 Å². The fraction of sp³-hybridized carbons (Fsp3) is 0.188. The van der Waals surface area contributed by atoms with Gasteiger partial charge in [-0.3, -0.25) is 14.3 Å². The Balaban J connectivity index is 2.02. The molecule has 0 atom stereocenters. The molecular weight excluding hydrogens is 328 g/mol. The first-order valence-corrected chi connectivity index (χ1v) is 7.26. The summed E-state index contributed by atoms with van der Waals surface area (Å²) in [5.41, 5.74) is -0.476. The summed E-state index contributed by atoms with van der Waals surface area (Å²) >= 11 is 0. The van der Waals surface area contributed by atoms with E-state index in [-0.39, 0.29) is 5.39 Å². The fourth-order valence-corrected chi connectivity index (χ4v) is 2.47. The number of hydrogen-bond acceptors (Lipinski definition) is 6. The molecule has 9 nitrogen and oxygen atoms in total. The third-order valence-corrected chi connectivity index (χ3v) is 3.77. The number of ether oxygens (including phenoxy) is 2. The van der Waals surface area contributed by atoms with E-state index in [1.165, 1.54) is 25.1 Å². The van der Waals surface area contributed by atoms with Crippen molar-refractivity contribution in [2.75, 3.05) is 19.5 Å². The molecule has 1 amide bonds. The first kappa shape index (κ1) is 16.4. The maximum absolute atomic E-state index is 12.5. The van der Waals surface area contributed by atoms with Gasteiger partial charge in [0.1, 0.15) is 28.5 Å². The van der Waals surface area contributed by atoms with E-state index in [9.17, 15) is 14.7 Å². The molecule has 0 saturated heterocycles.